The summed E-state index contributed by atoms with van der Waals surface area (Å²) < 4.78 is 5.01. The van der Waals surface area contributed by atoms with Gasteiger partial charge in [-0.3, -0.25) is 4.79 Å². The Kier molecular flexibility index (Phi) is 4.50. The van der Waals surface area contributed by atoms with E-state index in [0.717, 1.165) is 5.56 Å². The van der Waals surface area contributed by atoms with Crippen molar-refractivity contribution in [2.24, 2.45) is 5.73 Å². The summed E-state index contributed by atoms with van der Waals surface area (Å²) in [5, 5.41) is 0. The summed E-state index contributed by atoms with van der Waals surface area (Å²) in [6.07, 6.45) is 1.09. The van der Waals surface area contributed by atoms with Crippen molar-refractivity contribution in [1.82, 2.24) is 0 Å². The van der Waals surface area contributed by atoms with Crippen LogP contribution in [0.2, 0.25) is 0 Å². The molecule has 0 unspecified atom stereocenters. The molecule has 1 aromatic rings. The van der Waals surface area contributed by atoms with E-state index < -0.39 is 5.54 Å². The van der Waals surface area contributed by atoms with Gasteiger partial charge in [0.2, 0.25) is 0 Å². The summed E-state index contributed by atoms with van der Waals surface area (Å²) in [6, 6.07) is 9.76. The molecule has 1 aromatic carbocycles. The molecule has 1 rings (SSSR count). The van der Waals surface area contributed by atoms with Crippen LogP contribution in [0.1, 0.15) is 25.8 Å². The normalized spacial score (nSPS) is 14.2. The molecule has 0 radical (unpaired) electrons. The van der Waals surface area contributed by atoms with E-state index in [4.69, 9.17) is 10.5 Å². The summed E-state index contributed by atoms with van der Waals surface area (Å²) in [4.78, 5) is 11.8. The highest BCUT2D eigenvalue weighted by molar-refractivity contribution is 5.80. The van der Waals surface area contributed by atoms with E-state index in [2.05, 4.69) is 0 Å². The minimum Gasteiger partial charge on any atom is -0.465 e. The maximum absolute atomic E-state index is 11.8. The average Bonchev–Trinajstić information content (AvgIpc) is 2.30. The number of ether oxygens (including phenoxy) is 1. The van der Waals surface area contributed by atoms with E-state index in [9.17, 15) is 4.79 Å². The van der Waals surface area contributed by atoms with Gasteiger partial charge in [-0.05, 0) is 18.9 Å². The highest BCUT2D eigenvalue weighted by Gasteiger charge is 2.33. The van der Waals surface area contributed by atoms with Crippen LogP contribution in [-0.2, 0) is 16.0 Å². The molecule has 0 fully saturated rings. The third kappa shape index (κ3) is 3.07. The van der Waals surface area contributed by atoms with E-state index in [0.29, 0.717) is 19.4 Å². The van der Waals surface area contributed by atoms with Gasteiger partial charge in [-0.15, -0.1) is 0 Å². The molecular formula is C13H19NO2. The first-order valence-electron chi connectivity index (χ1n) is 5.62. The number of nitrogens with two attached hydrogens (primary N) is 1. The summed E-state index contributed by atoms with van der Waals surface area (Å²) in [5.41, 5.74) is 6.23. The van der Waals surface area contributed by atoms with Gasteiger partial charge < -0.3 is 10.5 Å². The largest absolute Gasteiger partial charge is 0.465 e. The van der Waals surface area contributed by atoms with Gasteiger partial charge in [-0.1, -0.05) is 37.3 Å². The second kappa shape index (κ2) is 5.66. The molecule has 0 aliphatic rings. The topological polar surface area (TPSA) is 52.3 Å². The van der Waals surface area contributed by atoms with Crippen molar-refractivity contribution in [1.29, 1.82) is 0 Å². The van der Waals surface area contributed by atoms with E-state index in [1.807, 2.05) is 37.3 Å². The number of hydrogen-bond acceptors (Lipinski definition) is 3. The summed E-state index contributed by atoms with van der Waals surface area (Å²) >= 11 is 0. The van der Waals surface area contributed by atoms with Gasteiger partial charge >= 0.3 is 5.97 Å². The van der Waals surface area contributed by atoms with Crippen molar-refractivity contribution in [3.63, 3.8) is 0 Å². The fraction of sp³-hybridized carbons (Fsp3) is 0.462. The minimum absolute atomic E-state index is 0.318. The molecule has 0 heterocycles. The molecule has 0 aromatic heterocycles. The van der Waals surface area contributed by atoms with Crippen LogP contribution < -0.4 is 5.73 Å². The van der Waals surface area contributed by atoms with Crippen LogP contribution >= 0.6 is 0 Å². The Hall–Kier alpha value is -1.35. The number of esters is 1. The molecule has 0 bridgehead atoms. The van der Waals surface area contributed by atoms with Gasteiger partial charge in [-0.2, -0.15) is 0 Å². The molecule has 0 amide bonds. The number of carbonyl (C=O) groups is 1. The predicted octanol–water partition coefficient (Wildman–Crippen LogP) is 1.90. The molecule has 3 heteroatoms. The highest BCUT2D eigenvalue weighted by atomic mass is 16.5. The molecule has 0 aliphatic heterocycles. The second-order valence-electron chi connectivity index (χ2n) is 3.89. The summed E-state index contributed by atoms with van der Waals surface area (Å²) in [6.45, 7) is 4.06. The Balaban J connectivity index is 2.78. The lowest BCUT2D eigenvalue weighted by atomic mass is 9.89. The number of rotatable bonds is 5. The van der Waals surface area contributed by atoms with Crippen LogP contribution in [0.15, 0.2) is 30.3 Å². The van der Waals surface area contributed by atoms with Crippen molar-refractivity contribution in [2.75, 3.05) is 6.61 Å². The first-order valence-corrected chi connectivity index (χ1v) is 5.62. The molecular weight excluding hydrogens is 202 g/mol. The van der Waals surface area contributed by atoms with Crippen LogP contribution in [0.5, 0.6) is 0 Å². The molecule has 2 N–H and O–H groups in total. The highest BCUT2D eigenvalue weighted by Crippen LogP contribution is 2.16. The molecule has 3 nitrogen and oxygen atoms in total. The first kappa shape index (κ1) is 12.7. The minimum atomic E-state index is -0.905. The van der Waals surface area contributed by atoms with Gasteiger partial charge in [0.25, 0.3) is 0 Å². The Morgan fingerprint density at radius 3 is 2.44 bits per heavy atom. The third-order valence-electron chi connectivity index (χ3n) is 2.68. The molecule has 0 spiro atoms. The lowest BCUT2D eigenvalue weighted by molar-refractivity contribution is -0.149. The molecule has 0 aliphatic carbocycles. The van der Waals surface area contributed by atoms with E-state index in [-0.39, 0.29) is 5.97 Å². The Morgan fingerprint density at radius 1 is 1.31 bits per heavy atom. The fourth-order valence-electron chi connectivity index (χ4n) is 1.58. The SMILES string of the molecule is CCOC(=O)[C@](N)(CC)Cc1ccccc1. The third-order valence-corrected chi connectivity index (χ3v) is 2.68. The standard InChI is InChI=1S/C13H19NO2/c1-3-13(14,12(15)16-4-2)10-11-8-6-5-7-9-11/h5-9H,3-4,10,14H2,1-2H3/t13-/m0/s1. The van der Waals surface area contributed by atoms with Crippen LogP contribution in [-0.4, -0.2) is 18.1 Å². The molecule has 1 atom stereocenters. The van der Waals surface area contributed by atoms with Gasteiger partial charge in [0.1, 0.15) is 5.54 Å². The lowest BCUT2D eigenvalue weighted by Gasteiger charge is -2.25. The zero-order chi connectivity index (χ0) is 12.0. The summed E-state index contributed by atoms with van der Waals surface area (Å²) in [5.74, 6) is -0.318. The Labute approximate surface area is 96.6 Å². The molecule has 88 valence electrons. The van der Waals surface area contributed by atoms with E-state index in [1.54, 1.807) is 6.92 Å². The predicted molar refractivity (Wildman–Crippen MR) is 64.0 cm³/mol. The second-order valence-corrected chi connectivity index (χ2v) is 3.89. The smallest absolute Gasteiger partial charge is 0.326 e. The van der Waals surface area contributed by atoms with E-state index in [1.165, 1.54) is 0 Å². The quantitative estimate of drug-likeness (QED) is 0.773. The summed E-state index contributed by atoms with van der Waals surface area (Å²) in [7, 11) is 0. The van der Waals surface area contributed by atoms with Crippen LogP contribution in [0, 0.1) is 0 Å². The van der Waals surface area contributed by atoms with Crippen molar-refractivity contribution in [3.8, 4) is 0 Å². The zero-order valence-electron chi connectivity index (χ0n) is 9.90. The first-order chi connectivity index (χ1) is 7.62. The lowest BCUT2D eigenvalue weighted by Crippen LogP contribution is -2.50. The van der Waals surface area contributed by atoms with Gasteiger partial charge in [0.15, 0.2) is 0 Å². The van der Waals surface area contributed by atoms with Crippen molar-refractivity contribution in [3.05, 3.63) is 35.9 Å². The molecule has 0 saturated heterocycles. The monoisotopic (exact) mass is 221 g/mol. The maximum atomic E-state index is 11.8. The number of carbonyl (C=O) groups excluding carboxylic acids is 1. The van der Waals surface area contributed by atoms with Gasteiger partial charge in [0, 0.05) is 6.42 Å². The van der Waals surface area contributed by atoms with Crippen molar-refractivity contribution >= 4 is 5.97 Å². The Morgan fingerprint density at radius 2 is 1.94 bits per heavy atom. The van der Waals surface area contributed by atoms with Crippen molar-refractivity contribution in [2.45, 2.75) is 32.2 Å². The fourth-order valence-corrected chi connectivity index (χ4v) is 1.58. The van der Waals surface area contributed by atoms with Gasteiger partial charge in [-0.25, -0.2) is 0 Å². The number of hydrogen-bond donors (Lipinski definition) is 1. The Bertz CT molecular complexity index is 337. The van der Waals surface area contributed by atoms with Crippen LogP contribution in [0.3, 0.4) is 0 Å². The van der Waals surface area contributed by atoms with Crippen LogP contribution in [0.25, 0.3) is 0 Å². The molecule has 16 heavy (non-hydrogen) atoms. The van der Waals surface area contributed by atoms with Crippen LogP contribution in [0.4, 0.5) is 0 Å². The average molecular weight is 221 g/mol. The van der Waals surface area contributed by atoms with E-state index >= 15 is 0 Å². The maximum Gasteiger partial charge on any atom is 0.326 e. The van der Waals surface area contributed by atoms with Gasteiger partial charge in [0.05, 0.1) is 6.61 Å². The van der Waals surface area contributed by atoms with Crippen molar-refractivity contribution < 1.29 is 9.53 Å². The molecule has 0 saturated carbocycles. The zero-order valence-corrected chi connectivity index (χ0v) is 9.90. The number of benzene rings is 1.